The number of ether oxygens (including phenoxy) is 1. The van der Waals surface area contributed by atoms with Gasteiger partial charge in [-0.2, -0.15) is 0 Å². The van der Waals surface area contributed by atoms with Gasteiger partial charge in [0.25, 0.3) is 0 Å². The highest BCUT2D eigenvalue weighted by Crippen LogP contribution is 2.11. The maximum absolute atomic E-state index is 9.08. The van der Waals surface area contributed by atoms with Crippen molar-refractivity contribution in [1.29, 1.82) is 0 Å². The number of rotatable bonds is 18. The van der Waals surface area contributed by atoms with Crippen LogP contribution in [0.3, 0.4) is 0 Å². The first-order valence-corrected chi connectivity index (χ1v) is 9.81. The van der Waals surface area contributed by atoms with Crippen molar-refractivity contribution >= 4 is 0 Å². The molecule has 0 bridgehead atoms. The van der Waals surface area contributed by atoms with Gasteiger partial charge in [0, 0.05) is 0 Å². The molecular weight excluding hydrogens is 290 g/mol. The maximum Gasteiger partial charge on any atom is 0.183 e. The van der Waals surface area contributed by atoms with E-state index in [-0.39, 0.29) is 13.2 Å². The Morgan fingerprint density at radius 1 is 0.696 bits per heavy atom. The van der Waals surface area contributed by atoms with Crippen molar-refractivity contribution in [1.82, 2.24) is 0 Å². The zero-order valence-electron chi connectivity index (χ0n) is 15.8. The van der Waals surface area contributed by atoms with Crippen molar-refractivity contribution in [2.75, 3.05) is 46.7 Å². The topological polar surface area (TPSA) is 49.7 Å². The van der Waals surface area contributed by atoms with Gasteiger partial charge in [-0.15, -0.1) is 0 Å². The van der Waals surface area contributed by atoms with E-state index in [2.05, 4.69) is 6.92 Å². The molecule has 0 aliphatic heterocycles. The van der Waals surface area contributed by atoms with E-state index >= 15 is 0 Å². The predicted molar refractivity (Wildman–Crippen MR) is 97.4 cm³/mol. The number of quaternary nitrogens is 1. The molecule has 0 amide bonds. The van der Waals surface area contributed by atoms with Crippen LogP contribution in [0.2, 0.25) is 0 Å². The standard InChI is InChI=1S/C19H42NO3/c1-3-4-5-6-7-8-9-10-11-12-13-18-23-19-20(2,14-16-21)15-17-22/h21-22H,3-19H2,1-2H3/q+1. The van der Waals surface area contributed by atoms with Crippen molar-refractivity contribution in [2.24, 2.45) is 0 Å². The van der Waals surface area contributed by atoms with Crippen LogP contribution in [0.1, 0.15) is 77.6 Å². The van der Waals surface area contributed by atoms with E-state index in [9.17, 15) is 0 Å². The van der Waals surface area contributed by atoms with Gasteiger partial charge in [-0.25, -0.2) is 0 Å². The highest BCUT2D eigenvalue weighted by atomic mass is 16.5. The maximum atomic E-state index is 9.08. The molecule has 23 heavy (non-hydrogen) atoms. The second-order valence-electron chi connectivity index (χ2n) is 7.09. The molecule has 0 aromatic heterocycles. The zero-order valence-corrected chi connectivity index (χ0v) is 15.8. The fourth-order valence-electron chi connectivity index (χ4n) is 2.88. The van der Waals surface area contributed by atoms with E-state index < -0.39 is 0 Å². The zero-order chi connectivity index (χ0) is 17.2. The average molecular weight is 333 g/mol. The second kappa shape index (κ2) is 16.7. The monoisotopic (exact) mass is 332 g/mol. The van der Waals surface area contributed by atoms with Crippen LogP contribution in [0.5, 0.6) is 0 Å². The Balaban J connectivity index is 3.32. The second-order valence-corrected chi connectivity index (χ2v) is 7.09. The van der Waals surface area contributed by atoms with Gasteiger partial charge in [-0.3, -0.25) is 4.48 Å². The molecule has 0 unspecified atom stereocenters. The summed E-state index contributed by atoms with van der Waals surface area (Å²) in [6.45, 7) is 5.19. The number of nitrogens with zero attached hydrogens (tertiary/aromatic N) is 1. The number of unbranched alkanes of at least 4 members (excludes halogenated alkanes) is 10. The Hall–Kier alpha value is -0.160. The van der Waals surface area contributed by atoms with Gasteiger partial charge >= 0.3 is 0 Å². The minimum Gasteiger partial charge on any atom is -0.391 e. The third-order valence-electron chi connectivity index (χ3n) is 4.57. The summed E-state index contributed by atoms with van der Waals surface area (Å²) in [5, 5.41) is 18.2. The molecule has 0 spiro atoms. The molecule has 0 saturated carbocycles. The number of aliphatic hydroxyl groups excluding tert-OH is 2. The molecule has 0 radical (unpaired) electrons. The van der Waals surface area contributed by atoms with Crippen LogP contribution >= 0.6 is 0 Å². The van der Waals surface area contributed by atoms with Gasteiger partial charge in [0.05, 0.1) is 26.9 Å². The average Bonchev–Trinajstić information content (AvgIpc) is 2.52. The van der Waals surface area contributed by atoms with E-state index in [0.717, 1.165) is 13.0 Å². The van der Waals surface area contributed by atoms with Gasteiger partial charge in [-0.05, 0) is 6.42 Å². The molecule has 0 fully saturated rings. The van der Waals surface area contributed by atoms with Crippen molar-refractivity contribution in [2.45, 2.75) is 77.6 Å². The number of aliphatic hydroxyl groups is 2. The molecule has 4 nitrogen and oxygen atoms in total. The van der Waals surface area contributed by atoms with Crippen LogP contribution in [-0.4, -0.2) is 61.4 Å². The van der Waals surface area contributed by atoms with Gasteiger partial charge in [0.15, 0.2) is 6.73 Å². The van der Waals surface area contributed by atoms with Gasteiger partial charge in [0.1, 0.15) is 13.1 Å². The van der Waals surface area contributed by atoms with Gasteiger partial charge in [-0.1, -0.05) is 71.1 Å². The fraction of sp³-hybridized carbons (Fsp3) is 1.00. The van der Waals surface area contributed by atoms with E-state index in [1.807, 2.05) is 7.05 Å². The molecule has 0 rings (SSSR count). The lowest BCUT2D eigenvalue weighted by molar-refractivity contribution is -0.928. The number of hydrogen-bond acceptors (Lipinski definition) is 3. The molecule has 0 aromatic rings. The van der Waals surface area contributed by atoms with Gasteiger partial charge in [0.2, 0.25) is 0 Å². The Morgan fingerprint density at radius 3 is 1.57 bits per heavy atom. The highest BCUT2D eigenvalue weighted by Gasteiger charge is 2.20. The fourth-order valence-corrected chi connectivity index (χ4v) is 2.88. The summed E-state index contributed by atoms with van der Waals surface area (Å²) in [5.41, 5.74) is 0. The molecule has 2 N–H and O–H groups in total. The van der Waals surface area contributed by atoms with Crippen LogP contribution in [0, 0.1) is 0 Å². The van der Waals surface area contributed by atoms with Crippen LogP contribution in [-0.2, 0) is 4.74 Å². The van der Waals surface area contributed by atoms with Crippen LogP contribution < -0.4 is 0 Å². The third-order valence-corrected chi connectivity index (χ3v) is 4.57. The Labute approximate surface area is 144 Å². The summed E-state index contributed by atoms with van der Waals surface area (Å²) in [6.07, 6.45) is 14.8. The van der Waals surface area contributed by atoms with Crippen LogP contribution in [0.25, 0.3) is 0 Å². The highest BCUT2D eigenvalue weighted by molar-refractivity contribution is 4.48. The number of hydrogen-bond donors (Lipinski definition) is 2. The van der Waals surface area contributed by atoms with E-state index in [1.54, 1.807) is 0 Å². The molecule has 0 aromatic carbocycles. The smallest absolute Gasteiger partial charge is 0.183 e. The predicted octanol–water partition coefficient (Wildman–Crippen LogP) is 3.70. The van der Waals surface area contributed by atoms with Crippen LogP contribution in [0.15, 0.2) is 0 Å². The molecule has 4 heteroatoms. The SMILES string of the molecule is CCCCCCCCCCCCCOC[N+](C)(CCO)CCO. The van der Waals surface area contributed by atoms with E-state index in [1.165, 1.54) is 64.2 Å². The summed E-state index contributed by atoms with van der Waals surface area (Å²) in [7, 11) is 2.02. The van der Waals surface area contributed by atoms with Crippen molar-refractivity contribution in [3.8, 4) is 0 Å². The largest absolute Gasteiger partial charge is 0.391 e. The third kappa shape index (κ3) is 15.1. The summed E-state index contributed by atoms with van der Waals surface area (Å²) in [6, 6.07) is 0. The normalized spacial score (nSPS) is 12.0. The number of likely N-dealkylation sites (N-methyl/N-ethyl adjacent to an activating group) is 1. The van der Waals surface area contributed by atoms with E-state index in [4.69, 9.17) is 14.9 Å². The van der Waals surface area contributed by atoms with Gasteiger partial charge < -0.3 is 14.9 Å². The van der Waals surface area contributed by atoms with Crippen molar-refractivity contribution in [3.05, 3.63) is 0 Å². The summed E-state index contributed by atoms with van der Waals surface area (Å²) >= 11 is 0. The molecule has 140 valence electrons. The Kier molecular flexibility index (Phi) is 16.6. The minimum atomic E-state index is 0.137. The lowest BCUT2D eigenvalue weighted by Gasteiger charge is -2.32. The van der Waals surface area contributed by atoms with E-state index in [0.29, 0.717) is 24.3 Å². The molecule has 0 aliphatic rings. The van der Waals surface area contributed by atoms with Crippen molar-refractivity contribution in [3.63, 3.8) is 0 Å². The Morgan fingerprint density at radius 2 is 1.13 bits per heavy atom. The minimum absolute atomic E-state index is 0.137. The molecule has 0 saturated heterocycles. The summed E-state index contributed by atoms with van der Waals surface area (Å²) < 4.78 is 6.32. The first-order valence-electron chi connectivity index (χ1n) is 9.81. The lowest BCUT2D eigenvalue weighted by Crippen LogP contribution is -2.49. The molecular formula is C19H42NO3+. The molecule has 0 heterocycles. The first kappa shape index (κ1) is 22.8. The van der Waals surface area contributed by atoms with Crippen molar-refractivity contribution < 1.29 is 19.4 Å². The van der Waals surface area contributed by atoms with Crippen LogP contribution in [0.4, 0.5) is 0 Å². The quantitative estimate of drug-likeness (QED) is 0.229. The summed E-state index contributed by atoms with van der Waals surface area (Å²) in [5.74, 6) is 0. The molecule has 0 aliphatic carbocycles. The lowest BCUT2D eigenvalue weighted by atomic mass is 10.1. The Bertz CT molecular complexity index is 231. The first-order chi connectivity index (χ1) is 11.2. The molecule has 0 atom stereocenters. The summed E-state index contributed by atoms with van der Waals surface area (Å²) in [4.78, 5) is 0.